The molecule has 2 aliphatic heterocycles. The molecule has 0 unspecified atom stereocenters. The van der Waals surface area contributed by atoms with Crippen molar-refractivity contribution in [1.29, 1.82) is 0 Å². The number of carbonyl (C=O) groups is 1. The number of anilines is 2. The van der Waals surface area contributed by atoms with E-state index in [0.717, 1.165) is 55.6 Å². The zero-order valence-corrected chi connectivity index (χ0v) is 16.3. The van der Waals surface area contributed by atoms with Crippen molar-refractivity contribution in [3.63, 3.8) is 0 Å². The average molecular weight is 387 g/mol. The normalized spacial score (nSPS) is 17.1. The summed E-state index contributed by atoms with van der Waals surface area (Å²) in [6.45, 7) is 7.94. The van der Waals surface area contributed by atoms with Crippen molar-refractivity contribution >= 4 is 29.1 Å². The predicted molar refractivity (Wildman–Crippen MR) is 106 cm³/mol. The lowest BCUT2D eigenvalue weighted by atomic mass is 10.0. The summed E-state index contributed by atoms with van der Waals surface area (Å²) in [6, 6.07) is 3.71. The number of nitrogens with zero attached hydrogens (tertiary/aromatic N) is 5. The first-order chi connectivity index (χ1) is 13.0. The molecule has 0 saturated carbocycles. The van der Waals surface area contributed by atoms with Gasteiger partial charge in [-0.15, -0.1) is 0 Å². The van der Waals surface area contributed by atoms with Crippen molar-refractivity contribution in [2.75, 3.05) is 42.5 Å². The van der Waals surface area contributed by atoms with Crippen molar-refractivity contribution in [2.45, 2.75) is 26.2 Å². The number of amides is 1. The van der Waals surface area contributed by atoms with Gasteiger partial charge in [0.15, 0.2) is 0 Å². The number of fused-ring (bicyclic) bond motifs is 1. The van der Waals surface area contributed by atoms with Crippen LogP contribution >= 0.6 is 11.6 Å². The molecular formula is C19H23ClN6O. The Labute approximate surface area is 163 Å². The third kappa shape index (κ3) is 3.43. The summed E-state index contributed by atoms with van der Waals surface area (Å²) in [7, 11) is 0. The quantitative estimate of drug-likeness (QED) is 0.872. The van der Waals surface area contributed by atoms with E-state index in [-0.39, 0.29) is 11.8 Å². The van der Waals surface area contributed by atoms with Gasteiger partial charge in [0.25, 0.3) is 5.91 Å². The van der Waals surface area contributed by atoms with E-state index in [1.165, 1.54) is 0 Å². The fraction of sp³-hybridized carbons (Fsp3) is 0.474. The summed E-state index contributed by atoms with van der Waals surface area (Å²) < 4.78 is 0. The molecule has 0 aromatic carbocycles. The zero-order chi connectivity index (χ0) is 19.0. The Kier molecular flexibility index (Phi) is 4.86. The molecule has 2 aliphatic rings. The van der Waals surface area contributed by atoms with E-state index >= 15 is 0 Å². The molecule has 0 aliphatic carbocycles. The highest BCUT2D eigenvalue weighted by Gasteiger charge is 2.29. The summed E-state index contributed by atoms with van der Waals surface area (Å²) in [6.07, 6.45) is 2.53. The minimum atomic E-state index is -0.0966. The van der Waals surface area contributed by atoms with Crippen LogP contribution in [0.15, 0.2) is 18.3 Å². The molecule has 2 aromatic heterocycles. The molecule has 142 valence electrons. The zero-order valence-electron chi connectivity index (χ0n) is 15.6. The number of piperazine rings is 1. The number of hydrogen-bond donors (Lipinski definition) is 1. The highest BCUT2D eigenvalue weighted by atomic mass is 35.5. The topological polar surface area (TPSA) is 74.2 Å². The van der Waals surface area contributed by atoms with Crippen LogP contribution < -0.4 is 15.1 Å². The first-order valence-electron chi connectivity index (χ1n) is 9.34. The second kappa shape index (κ2) is 7.31. The van der Waals surface area contributed by atoms with Crippen LogP contribution in [0, 0.1) is 0 Å². The molecule has 1 fully saturated rings. The Morgan fingerprint density at radius 2 is 1.81 bits per heavy atom. The number of halogens is 1. The Bertz CT molecular complexity index is 863. The third-order valence-corrected chi connectivity index (χ3v) is 5.31. The number of aromatic nitrogens is 3. The maximum absolute atomic E-state index is 12.3. The van der Waals surface area contributed by atoms with E-state index in [2.05, 4.69) is 25.1 Å². The highest BCUT2D eigenvalue weighted by molar-refractivity contribution is 6.32. The van der Waals surface area contributed by atoms with E-state index in [1.54, 1.807) is 6.20 Å². The number of rotatable bonds is 3. The van der Waals surface area contributed by atoms with E-state index in [1.807, 2.05) is 26.0 Å². The average Bonchev–Trinajstić information content (AvgIpc) is 2.68. The van der Waals surface area contributed by atoms with Gasteiger partial charge in [-0.25, -0.2) is 15.0 Å². The molecule has 27 heavy (non-hydrogen) atoms. The summed E-state index contributed by atoms with van der Waals surface area (Å²) in [5.41, 5.74) is 1.50. The van der Waals surface area contributed by atoms with Crippen LogP contribution in [-0.4, -0.2) is 53.6 Å². The van der Waals surface area contributed by atoms with Crippen molar-refractivity contribution in [3.8, 4) is 0 Å². The molecular weight excluding hydrogens is 364 g/mol. The first kappa shape index (κ1) is 18.0. The number of hydrogen-bond acceptors (Lipinski definition) is 6. The Hall–Kier alpha value is -2.41. The molecule has 0 bridgehead atoms. The molecule has 0 spiro atoms. The molecule has 1 saturated heterocycles. The van der Waals surface area contributed by atoms with E-state index in [4.69, 9.17) is 16.6 Å². The van der Waals surface area contributed by atoms with Gasteiger partial charge in [0.1, 0.15) is 23.2 Å². The molecule has 0 atom stereocenters. The van der Waals surface area contributed by atoms with Gasteiger partial charge in [-0.05, 0) is 18.6 Å². The second-order valence-electron chi connectivity index (χ2n) is 7.18. The van der Waals surface area contributed by atoms with Crippen LogP contribution in [0.5, 0.6) is 0 Å². The largest absolute Gasteiger partial charge is 0.353 e. The second-order valence-corrected chi connectivity index (χ2v) is 7.58. The van der Waals surface area contributed by atoms with Crippen molar-refractivity contribution in [3.05, 3.63) is 40.4 Å². The standard InChI is InChI=1S/C19H23ClN6O/c1-12(2)16-23-15-13(5-7-22-19(15)27)17(24-16)25-8-10-26(11-9-25)18-14(20)4-3-6-21-18/h3-4,6,12H,5,7-11H2,1-2H3,(H,22,27). The van der Waals surface area contributed by atoms with Gasteiger partial charge < -0.3 is 15.1 Å². The minimum absolute atomic E-state index is 0.0966. The first-order valence-corrected chi connectivity index (χ1v) is 9.72. The molecule has 0 radical (unpaired) electrons. The summed E-state index contributed by atoms with van der Waals surface area (Å²) in [5.74, 6) is 2.52. The lowest BCUT2D eigenvalue weighted by Gasteiger charge is -2.37. The number of carbonyl (C=O) groups excluding carboxylic acids is 1. The maximum Gasteiger partial charge on any atom is 0.270 e. The molecule has 2 aromatic rings. The summed E-state index contributed by atoms with van der Waals surface area (Å²) in [4.78, 5) is 30.6. The molecule has 8 heteroatoms. The lowest BCUT2D eigenvalue weighted by molar-refractivity contribution is 0.0940. The van der Waals surface area contributed by atoms with Crippen LogP contribution in [-0.2, 0) is 6.42 Å². The van der Waals surface area contributed by atoms with Crippen LogP contribution in [0.25, 0.3) is 0 Å². The van der Waals surface area contributed by atoms with E-state index < -0.39 is 0 Å². The van der Waals surface area contributed by atoms with Gasteiger partial charge >= 0.3 is 0 Å². The third-order valence-electron chi connectivity index (χ3n) is 5.01. The van der Waals surface area contributed by atoms with Crippen LogP contribution in [0.4, 0.5) is 11.6 Å². The van der Waals surface area contributed by atoms with E-state index in [0.29, 0.717) is 17.3 Å². The van der Waals surface area contributed by atoms with Crippen molar-refractivity contribution < 1.29 is 4.79 Å². The van der Waals surface area contributed by atoms with Gasteiger partial charge in [0.05, 0.1) is 5.02 Å². The fourth-order valence-electron chi connectivity index (χ4n) is 3.55. The SMILES string of the molecule is CC(C)c1nc2c(c(N3CCN(c4ncccc4Cl)CC3)n1)CCNC2=O. The van der Waals surface area contributed by atoms with Gasteiger partial charge in [-0.1, -0.05) is 25.4 Å². The lowest BCUT2D eigenvalue weighted by Crippen LogP contribution is -2.48. The van der Waals surface area contributed by atoms with Gasteiger partial charge in [0, 0.05) is 50.4 Å². The van der Waals surface area contributed by atoms with Crippen molar-refractivity contribution in [2.24, 2.45) is 0 Å². The molecule has 1 N–H and O–H groups in total. The van der Waals surface area contributed by atoms with E-state index in [9.17, 15) is 4.79 Å². The Morgan fingerprint density at radius 3 is 2.48 bits per heavy atom. The molecule has 4 rings (SSSR count). The minimum Gasteiger partial charge on any atom is -0.353 e. The Morgan fingerprint density at radius 1 is 1.11 bits per heavy atom. The molecule has 1 amide bonds. The monoisotopic (exact) mass is 386 g/mol. The van der Waals surface area contributed by atoms with Crippen molar-refractivity contribution in [1.82, 2.24) is 20.3 Å². The number of nitrogens with one attached hydrogen (secondary N) is 1. The smallest absolute Gasteiger partial charge is 0.270 e. The summed E-state index contributed by atoms with van der Waals surface area (Å²) >= 11 is 6.29. The Balaban J connectivity index is 1.61. The predicted octanol–water partition coefficient (Wildman–Crippen LogP) is 2.26. The fourth-order valence-corrected chi connectivity index (χ4v) is 3.79. The van der Waals surface area contributed by atoms with Crippen LogP contribution in [0.3, 0.4) is 0 Å². The van der Waals surface area contributed by atoms with Gasteiger partial charge in [0.2, 0.25) is 0 Å². The van der Waals surface area contributed by atoms with Gasteiger partial charge in [-0.2, -0.15) is 0 Å². The maximum atomic E-state index is 12.3. The van der Waals surface area contributed by atoms with Crippen LogP contribution in [0.1, 0.15) is 41.6 Å². The summed E-state index contributed by atoms with van der Waals surface area (Å²) in [5, 5.41) is 3.56. The van der Waals surface area contributed by atoms with Crippen LogP contribution in [0.2, 0.25) is 5.02 Å². The van der Waals surface area contributed by atoms with Gasteiger partial charge in [-0.3, -0.25) is 4.79 Å². The molecule has 7 nitrogen and oxygen atoms in total. The number of pyridine rings is 1. The highest BCUT2D eigenvalue weighted by Crippen LogP contribution is 2.29. The molecule has 4 heterocycles.